The van der Waals surface area contributed by atoms with E-state index in [9.17, 15) is 0 Å². The monoisotopic (exact) mass is 284 g/mol. The fourth-order valence-corrected chi connectivity index (χ4v) is 2.10. The van der Waals surface area contributed by atoms with Crippen LogP contribution in [0.1, 0.15) is 40.3 Å². The maximum absolute atomic E-state index is 4.00. The average Bonchev–Trinajstić information content (AvgIpc) is 2.51. The van der Waals surface area contributed by atoms with Crippen LogP contribution in [0.2, 0.25) is 0 Å². The van der Waals surface area contributed by atoms with Crippen LogP contribution in [0.25, 0.3) is 4.85 Å². The van der Waals surface area contributed by atoms with Gasteiger partial charge >= 0.3 is 6.07 Å². The molecule has 22 heavy (non-hydrogen) atoms. The number of rotatable bonds is 0. The molecule has 0 N–H and O–H groups in total. The van der Waals surface area contributed by atoms with Crippen LogP contribution < -0.4 is 0 Å². The Balaban J connectivity index is 2.54. The largest absolute Gasteiger partial charge is 0.311 e. The molecule has 0 saturated heterocycles. The highest BCUT2D eigenvalue weighted by molar-refractivity contribution is 5.57. The summed E-state index contributed by atoms with van der Waals surface area (Å²) in [6, 6.07) is 15.1. The second kappa shape index (κ2) is 7.17. The quantitative estimate of drug-likeness (QED) is 0.632. The summed E-state index contributed by atoms with van der Waals surface area (Å²) in [5, 5.41) is 0. The summed E-state index contributed by atoms with van der Waals surface area (Å²) < 4.78 is 0. The molecule has 0 aliphatic heterocycles. The average molecular weight is 284 g/mol. The third kappa shape index (κ3) is 3.58. The molecule has 0 unspecified atom stereocenters. The van der Waals surface area contributed by atoms with Crippen molar-refractivity contribution in [2.45, 2.75) is 20.8 Å². The van der Waals surface area contributed by atoms with Crippen molar-refractivity contribution in [3.05, 3.63) is 74.6 Å². The Morgan fingerprint density at radius 3 is 1.91 bits per heavy atom. The fourth-order valence-electron chi connectivity index (χ4n) is 2.10. The molecule has 0 bridgehead atoms. The molecule has 0 radical (unpaired) electrons. The number of hydrogen-bond donors (Lipinski definition) is 0. The van der Waals surface area contributed by atoms with E-state index in [0.717, 1.165) is 22.3 Å². The van der Waals surface area contributed by atoms with Gasteiger partial charge in [0.25, 0.3) is 7.05 Å². The van der Waals surface area contributed by atoms with Gasteiger partial charge in [-0.25, -0.2) is 0 Å². The molecule has 1 nitrogen and oxygen atoms in total. The highest BCUT2D eigenvalue weighted by atomic mass is 14.6. The van der Waals surface area contributed by atoms with E-state index in [1.165, 1.54) is 11.1 Å². The van der Waals surface area contributed by atoms with Crippen LogP contribution in [0, 0.1) is 43.6 Å². The Bertz CT molecular complexity index is 885. The molecule has 2 rings (SSSR count). The lowest BCUT2D eigenvalue weighted by Crippen LogP contribution is -1.90. The zero-order valence-corrected chi connectivity index (χ0v) is 13.4. The second-order valence-electron chi connectivity index (χ2n) is 4.99. The second-order valence-corrected chi connectivity index (χ2v) is 4.99. The minimum absolute atomic E-state index is 0.928. The van der Waals surface area contributed by atoms with Crippen LogP contribution in [-0.4, -0.2) is 7.05 Å². The zero-order chi connectivity index (χ0) is 15.9. The molecule has 106 valence electrons. The molecule has 0 amide bonds. The van der Waals surface area contributed by atoms with Gasteiger partial charge in [-0.1, -0.05) is 34.7 Å². The van der Waals surface area contributed by atoms with Gasteiger partial charge in [-0.3, -0.25) is 0 Å². The summed E-state index contributed by atoms with van der Waals surface area (Å²) in [4.78, 5) is 4.00. The first-order chi connectivity index (χ1) is 10.7. The van der Waals surface area contributed by atoms with E-state index in [1.54, 1.807) is 7.05 Å². The molecule has 0 aromatic heterocycles. The predicted octanol–water partition coefficient (Wildman–Crippen LogP) is 4.39. The lowest BCUT2D eigenvalue weighted by Gasteiger charge is -2.01. The van der Waals surface area contributed by atoms with E-state index < -0.39 is 0 Å². The van der Waals surface area contributed by atoms with Crippen LogP contribution in [0.15, 0.2) is 36.4 Å². The summed E-state index contributed by atoms with van der Waals surface area (Å²) in [6.07, 6.45) is 0. The maximum atomic E-state index is 4.00. The zero-order valence-electron chi connectivity index (χ0n) is 13.4. The van der Waals surface area contributed by atoms with E-state index >= 15 is 0 Å². The topological polar surface area (TPSA) is 4.36 Å². The normalized spacial score (nSPS) is 8.73. The van der Waals surface area contributed by atoms with Gasteiger partial charge in [0, 0.05) is 16.7 Å². The molecule has 2 aromatic carbocycles. The highest BCUT2D eigenvalue weighted by Gasteiger charge is 2.06. The van der Waals surface area contributed by atoms with Crippen LogP contribution in [0.5, 0.6) is 0 Å². The smallest absolute Gasteiger partial charge is 0.101 e. The van der Waals surface area contributed by atoms with Crippen molar-refractivity contribution >= 4 is 0 Å². The van der Waals surface area contributed by atoms with Crippen LogP contribution in [0.3, 0.4) is 0 Å². The predicted molar refractivity (Wildman–Crippen MR) is 93.2 cm³/mol. The van der Waals surface area contributed by atoms with Crippen molar-refractivity contribution < 1.29 is 0 Å². The molecule has 0 heterocycles. The molecule has 0 aliphatic carbocycles. The molecule has 0 aliphatic rings. The van der Waals surface area contributed by atoms with Gasteiger partial charge in [-0.2, -0.15) is 0 Å². The van der Waals surface area contributed by atoms with Crippen molar-refractivity contribution in [1.29, 1.82) is 0 Å². The Morgan fingerprint density at radius 1 is 0.773 bits per heavy atom. The number of hydrogen-bond acceptors (Lipinski definition) is 0. The molecule has 0 spiro atoms. The Kier molecular flexibility index (Phi) is 5.03. The van der Waals surface area contributed by atoms with Crippen molar-refractivity contribution in [3.63, 3.8) is 0 Å². The first-order valence-corrected chi connectivity index (χ1v) is 7.15. The van der Waals surface area contributed by atoms with Crippen molar-refractivity contribution in [3.8, 4) is 29.8 Å². The molecule has 2 aromatic rings. The summed E-state index contributed by atoms with van der Waals surface area (Å²) in [7, 11) is 1.72. The summed E-state index contributed by atoms with van der Waals surface area (Å²) in [6.45, 7) is 6.00. The first kappa shape index (κ1) is 15.4. The lowest BCUT2D eigenvalue weighted by atomic mass is 10.00. The van der Waals surface area contributed by atoms with Gasteiger partial charge in [0.05, 0.1) is 0 Å². The molecule has 0 saturated carbocycles. The summed E-state index contributed by atoms with van der Waals surface area (Å²) in [5.41, 5.74) is 6.19. The van der Waals surface area contributed by atoms with Gasteiger partial charge < -0.3 is 0 Å². The van der Waals surface area contributed by atoms with Crippen LogP contribution in [-0.2, 0) is 0 Å². The number of benzene rings is 2. The third-order valence-electron chi connectivity index (χ3n) is 3.38. The van der Waals surface area contributed by atoms with Gasteiger partial charge in [0.15, 0.2) is 0 Å². The third-order valence-corrected chi connectivity index (χ3v) is 3.38. The fraction of sp³-hybridized carbons (Fsp3) is 0.190. The Labute approximate surface area is 132 Å². The minimum Gasteiger partial charge on any atom is -0.101 e. The van der Waals surface area contributed by atoms with E-state index in [2.05, 4.69) is 60.6 Å². The minimum atomic E-state index is 0.928. The maximum Gasteiger partial charge on any atom is 0.311 e. The van der Waals surface area contributed by atoms with Crippen LogP contribution in [0.4, 0.5) is 0 Å². The molecule has 1 heteroatoms. The molecular weight excluding hydrogens is 266 g/mol. The van der Waals surface area contributed by atoms with Crippen molar-refractivity contribution in [1.82, 2.24) is 0 Å². The number of aryl methyl sites for hydroxylation is 2. The van der Waals surface area contributed by atoms with Gasteiger partial charge in [0.2, 0.25) is 0 Å². The molecule has 0 fully saturated rings. The van der Waals surface area contributed by atoms with Gasteiger partial charge in [-0.05, 0) is 56.2 Å². The van der Waals surface area contributed by atoms with Crippen molar-refractivity contribution in [2.75, 3.05) is 7.05 Å². The molecular formula is C21H18N+. The van der Waals surface area contributed by atoms with E-state index in [0.29, 0.717) is 0 Å². The molecule has 0 atom stereocenters. The lowest BCUT2D eigenvalue weighted by molar-refractivity contribution is 1.32. The summed E-state index contributed by atoms with van der Waals surface area (Å²) in [5.74, 6) is 12.5. The van der Waals surface area contributed by atoms with E-state index in [1.807, 2.05) is 31.2 Å². The van der Waals surface area contributed by atoms with E-state index in [-0.39, 0.29) is 0 Å². The van der Waals surface area contributed by atoms with Gasteiger partial charge in [0.1, 0.15) is 5.56 Å². The highest BCUT2D eigenvalue weighted by Crippen LogP contribution is 2.15. The van der Waals surface area contributed by atoms with E-state index in [4.69, 9.17) is 0 Å². The van der Waals surface area contributed by atoms with Crippen molar-refractivity contribution in [2.24, 2.45) is 0 Å². The first-order valence-electron chi connectivity index (χ1n) is 7.15. The summed E-state index contributed by atoms with van der Waals surface area (Å²) >= 11 is 0. The standard InChI is InChI=1S/C21H18N/c1-5-8-18-9-6-7-10-19(18)11-12-20-13-16(2)17(3)14-21(20)15-22-4/h6-7,9-10,13-14H,1-4H3/q+1. The van der Waals surface area contributed by atoms with Crippen LogP contribution >= 0.6 is 0 Å². The van der Waals surface area contributed by atoms with Gasteiger partial charge in [-0.15, -0.1) is 5.92 Å². The Hall–Kier alpha value is -2.95. The Morgan fingerprint density at radius 2 is 1.32 bits per heavy atom. The number of nitrogens with zero attached hydrogens (tertiary/aromatic N) is 1. The SMILES string of the molecule is CC#Cc1ccccc1C#Cc1cc(C)c(C)cc1C#[N+]C.